The molecule has 0 aliphatic heterocycles. The zero-order valence-corrected chi connectivity index (χ0v) is 11.7. The molecule has 0 aliphatic carbocycles. The van der Waals surface area contributed by atoms with Gasteiger partial charge in [0.2, 0.25) is 0 Å². The summed E-state index contributed by atoms with van der Waals surface area (Å²) in [6, 6.07) is 8.92. The third-order valence-corrected chi connectivity index (χ3v) is 3.69. The van der Waals surface area contributed by atoms with Crippen LogP contribution < -0.4 is 0 Å². The van der Waals surface area contributed by atoms with E-state index in [1.807, 2.05) is 6.07 Å². The van der Waals surface area contributed by atoms with Crippen molar-refractivity contribution in [3.63, 3.8) is 0 Å². The Morgan fingerprint density at radius 2 is 2.11 bits per heavy atom. The lowest BCUT2D eigenvalue weighted by Gasteiger charge is -2.10. The van der Waals surface area contributed by atoms with Crippen LogP contribution in [0, 0.1) is 11.3 Å². The van der Waals surface area contributed by atoms with Crippen molar-refractivity contribution >= 4 is 20.4 Å². The number of rotatable bonds is 4. The van der Waals surface area contributed by atoms with Crippen LogP contribution in [0.1, 0.15) is 11.1 Å². The molecule has 0 fully saturated rings. The van der Waals surface area contributed by atoms with Crippen LogP contribution in [0.15, 0.2) is 36.9 Å². The van der Waals surface area contributed by atoms with Gasteiger partial charge in [0.05, 0.1) is 0 Å². The minimum Gasteiger partial charge on any atom is -0.458 e. The molecule has 0 amide bonds. The summed E-state index contributed by atoms with van der Waals surface area (Å²) in [4.78, 5) is 11.3. The summed E-state index contributed by atoms with van der Waals surface area (Å²) in [5.74, 6) is -0.540. The van der Waals surface area contributed by atoms with Gasteiger partial charge in [-0.2, -0.15) is 5.26 Å². The third-order valence-electron chi connectivity index (χ3n) is 2.39. The summed E-state index contributed by atoms with van der Waals surface area (Å²) in [5, 5.41) is 9.17. The third kappa shape index (κ3) is 3.97. The van der Waals surface area contributed by atoms with Gasteiger partial charge in [-0.15, -0.1) is 0 Å². The summed E-state index contributed by atoms with van der Waals surface area (Å²) in [6.45, 7) is 3.32. The fraction of sp³-hybridized carbons (Fsp3) is 0.214. The maximum absolute atomic E-state index is 12.1. The topological polar surface area (TPSA) is 67.2 Å². The maximum Gasteiger partial charge on any atom is 0.330 e. The van der Waals surface area contributed by atoms with Gasteiger partial charge in [-0.05, 0) is 15.1 Å². The van der Waals surface area contributed by atoms with E-state index in [0.717, 1.165) is 6.08 Å². The number of nitriles is 1. The van der Waals surface area contributed by atoms with Crippen LogP contribution in [0.4, 0.5) is 0 Å². The molecule has 0 radical (unpaired) electrons. The number of esters is 1. The van der Waals surface area contributed by atoms with Crippen molar-refractivity contribution in [2.45, 2.75) is 6.61 Å². The van der Waals surface area contributed by atoms with Crippen LogP contribution in [0.25, 0.3) is 0 Å². The molecule has 19 heavy (non-hydrogen) atoms. The lowest BCUT2D eigenvalue weighted by atomic mass is 10.1. The monoisotopic (exact) mass is 277 g/mol. The average molecular weight is 277 g/mol. The van der Waals surface area contributed by atoms with E-state index in [4.69, 9.17) is 4.74 Å². The minimum atomic E-state index is -2.39. The van der Waals surface area contributed by atoms with Gasteiger partial charge in [-0.1, -0.05) is 30.8 Å². The molecular weight excluding hydrogens is 262 g/mol. The Hall–Kier alpha value is -2.06. The van der Waals surface area contributed by atoms with Crippen molar-refractivity contribution in [3.05, 3.63) is 48.0 Å². The Morgan fingerprint density at radius 1 is 1.47 bits per heavy atom. The molecule has 0 aliphatic rings. The summed E-state index contributed by atoms with van der Waals surface area (Å²) < 4.78 is 17.0. The van der Waals surface area contributed by atoms with Crippen LogP contribution in [0.2, 0.25) is 0 Å². The van der Waals surface area contributed by atoms with Gasteiger partial charge in [0.1, 0.15) is 17.5 Å². The van der Waals surface area contributed by atoms with Crippen molar-refractivity contribution in [1.29, 1.82) is 5.26 Å². The van der Waals surface area contributed by atoms with Crippen LogP contribution in [0.3, 0.4) is 0 Å². The highest BCUT2D eigenvalue weighted by atomic mass is 32.2. The Kier molecular flexibility index (Phi) is 4.90. The van der Waals surface area contributed by atoms with E-state index < -0.39 is 15.5 Å². The fourth-order valence-electron chi connectivity index (χ4n) is 1.51. The van der Waals surface area contributed by atoms with Gasteiger partial charge >= 0.3 is 5.97 Å². The van der Waals surface area contributed by atoms with Crippen LogP contribution in [-0.4, -0.2) is 27.6 Å². The first-order valence-corrected chi connectivity index (χ1v) is 7.86. The second kappa shape index (κ2) is 6.21. The highest BCUT2D eigenvalue weighted by molar-refractivity contribution is 8.01. The highest BCUT2D eigenvalue weighted by Crippen LogP contribution is 2.13. The molecule has 1 aromatic rings. The van der Waals surface area contributed by atoms with Crippen molar-refractivity contribution in [2.75, 3.05) is 12.5 Å². The number of carbonyl (C=O) groups is 1. The quantitative estimate of drug-likeness (QED) is 0.362. The second-order valence-corrected chi connectivity index (χ2v) is 7.02. The lowest BCUT2D eigenvalue weighted by molar-refractivity contribution is -0.138. The Balaban J connectivity index is 3.25. The highest BCUT2D eigenvalue weighted by Gasteiger charge is 2.13. The normalized spacial score (nSPS) is 10.4. The first-order valence-electron chi connectivity index (χ1n) is 5.49. The van der Waals surface area contributed by atoms with E-state index in [2.05, 4.69) is 6.58 Å². The average Bonchev–Trinajstić information content (AvgIpc) is 2.36. The van der Waals surface area contributed by atoms with Gasteiger partial charge < -0.3 is 4.74 Å². The zero-order valence-electron chi connectivity index (χ0n) is 10.9. The van der Waals surface area contributed by atoms with E-state index in [1.54, 1.807) is 24.3 Å². The molecule has 1 rings (SSSR count). The molecule has 0 heterocycles. The van der Waals surface area contributed by atoms with Crippen LogP contribution in [0.5, 0.6) is 0 Å². The van der Waals surface area contributed by atoms with Gasteiger partial charge in [0.15, 0.2) is 0 Å². The van der Waals surface area contributed by atoms with Gasteiger partial charge in [0, 0.05) is 24.2 Å². The van der Waals surface area contributed by atoms with Crippen LogP contribution in [-0.2, 0) is 25.7 Å². The number of hydrogen-bond donors (Lipinski definition) is 0. The van der Waals surface area contributed by atoms with E-state index >= 15 is 0 Å². The van der Waals surface area contributed by atoms with Crippen molar-refractivity contribution < 1.29 is 13.7 Å². The molecule has 5 heteroatoms. The molecule has 0 bridgehead atoms. The SMILES string of the molecule is C=CC(=O)OCc1ccccc1C(C#N)=S(C)(C)=O. The van der Waals surface area contributed by atoms with Crippen LogP contribution >= 0.6 is 0 Å². The fourth-order valence-corrected chi connectivity index (χ4v) is 2.46. The number of benzene rings is 1. The molecule has 0 atom stereocenters. The molecule has 1 aromatic carbocycles. The molecule has 0 saturated carbocycles. The first-order chi connectivity index (χ1) is 8.90. The van der Waals surface area contributed by atoms with Gasteiger partial charge in [-0.25, -0.2) is 4.79 Å². The molecule has 100 valence electrons. The molecule has 4 nitrogen and oxygen atoms in total. The molecular formula is C14H15NO3S. The number of ether oxygens (including phenoxy) is 1. The standard InChI is InChI=1S/C14H15NO3S/c1-4-14(16)18-10-11-7-5-6-8-12(11)13(9-15)19(2,3)17/h4-8H,1,10H2,2-3H3. The largest absolute Gasteiger partial charge is 0.458 e. The number of carbonyl (C=O) groups excluding carboxylic acids is 1. The molecule has 0 unspecified atom stereocenters. The molecule has 0 saturated heterocycles. The van der Waals surface area contributed by atoms with E-state index in [9.17, 15) is 14.3 Å². The lowest BCUT2D eigenvalue weighted by Crippen LogP contribution is -2.14. The minimum absolute atomic E-state index is 0.0156. The van der Waals surface area contributed by atoms with Gasteiger partial charge in [0.25, 0.3) is 0 Å². The zero-order chi connectivity index (χ0) is 14.5. The number of hydrogen-bond acceptors (Lipinski definition) is 4. The summed E-state index contributed by atoms with van der Waals surface area (Å²) >= 11 is 0. The smallest absolute Gasteiger partial charge is 0.330 e. The summed E-state index contributed by atoms with van der Waals surface area (Å²) in [5.41, 5.74) is 1.20. The summed E-state index contributed by atoms with van der Waals surface area (Å²) in [7, 11) is -2.39. The first kappa shape index (κ1) is 15.0. The predicted octanol–water partition coefficient (Wildman–Crippen LogP) is 1.50. The molecule has 0 N–H and O–H groups in total. The molecule has 0 spiro atoms. The Bertz CT molecular complexity index is 654. The van der Waals surface area contributed by atoms with E-state index in [1.165, 1.54) is 12.5 Å². The van der Waals surface area contributed by atoms with E-state index in [0.29, 0.717) is 11.1 Å². The second-order valence-electron chi connectivity index (χ2n) is 4.14. The Labute approximate surface area is 113 Å². The Morgan fingerprint density at radius 3 is 2.63 bits per heavy atom. The maximum atomic E-state index is 12.1. The van der Waals surface area contributed by atoms with Crippen molar-refractivity contribution in [3.8, 4) is 6.07 Å². The van der Waals surface area contributed by atoms with Crippen molar-refractivity contribution in [2.24, 2.45) is 0 Å². The summed E-state index contributed by atoms with van der Waals surface area (Å²) in [6.07, 6.45) is 4.09. The molecule has 0 aromatic heterocycles. The van der Waals surface area contributed by atoms with Gasteiger partial charge in [-0.3, -0.25) is 4.21 Å². The predicted molar refractivity (Wildman–Crippen MR) is 76.1 cm³/mol. The van der Waals surface area contributed by atoms with Crippen molar-refractivity contribution in [1.82, 2.24) is 0 Å². The number of nitrogens with zero attached hydrogens (tertiary/aromatic N) is 1. The van der Waals surface area contributed by atoms with E-state index in [-0.39, 0.29) is 11.5 Å².